The van der Waals surface area contributed by atoms with Crippen molar-refractivity contribution < 1.29 is 29.3 Å². The van der Waals surface area contributed by atoms with Crippen molar-refractivity contribution in [3.05, 3.63) is 23.8 Å². The van der Waals surface area contributed by atoms with E-state index in [1.807, 2.05) is 0 Å². The molecule has 2 N–H and O–H groups in total. The lowest BCUT2D eigenvalue weighted by molar-refractivity contribution is -0.153. The number of fused-ring (bicyclic) bond motifs is 2. The number of esters is 1. The third-order valence-corrected chi connectivity index (χ3v) is 8.58. The Balaban J connectivity index is 1.61. The van der Waals surface area contributed by atoms with Crippen LogP contribution >= 0.6 is 0 Å². The van der Waals surface area contributed by atoms with Crippen LogP contribution in [0.3, 0.4) is 0 Å². The van der Waals surface area contributed by atoms with Crippen molar-refractivity contribution in [1.29, 1.82) is 0 Å². The minimum absolute atomic E-state index is 0.0695. The average molecular weight is 419 g/mol. The van der Waals surface area contributed by atoms with Crippen molar-refractivity contribution in [3.8, 4) is 0 Å². The third kappa shape index (κ3) is 3.19. The number of allylic oxidation sites excluding steroid dienone is 1. The molecule has 6 heteroatoms. The highest BCUT2D eigenvalue weighted by atomic mass is 16.6. The fourth-order valence-corrected chi connectivity index (χ4v) is 6.89. The smallest absolute Gasteiger partial charge is 0.302 e. The zero-order chi connectivity index (χ0) is 21.9. The third-order valence-electron chi connectivity index (χ3n) is 8.58. The molecular formula is C24H34O6. The van der Waals surface area contributed by atoms with Gasteiger partial charge >= 0.3 is 5.97 Å². The molecular weight excluding hydrogens is 384 g/mol. The second kappa shape index (κ2) is 7.28. The predicted molar refractivity (Wildman–Crippen MR) is 110 cm³/mol. The maximum absolute atomic E-state index is 12.9. The van der Waals surface area contributed by atoms with E-state index in [1.165, 1.54) is 13.0 Å². The molecule has 3 fully saturated rings. The molecule has 0 bridgehead atoms. The van der Waals surface area contributed by atoms with E-state index in [0.717, 1.165) is 37.7 Å². The molecule has 2 saturated carbocycles. The normalized spacial score (nSPS) is 45.3. The second-order valence-corrected chi connectivity index (χ2v) is 10.4. The molecule has 166 valence electrons. The molecule has 0 radical (unpaired) electrons. The van der Waals surface area contributed by atoms with Gasteiger partial charge in [-0.25, -0.2) is 0 Å². The van der Waals surface area contributed by atoms with Crippen molar-refractivity contribution in [2.24, 2.45) is 22.7 Å². The first-order valence-corrected chi connectivity index (χ1v) is 11.1. The van der Waals surface area contributed by atoms with Gasteiger partial charge in [-0.15, -0.1) is 0 Å². The van der Waals surface area contributed by atoms with E-state index in [9.17, 15) is 19.8 Å². The first-order chi connectivity index (χ1) is 14.1. The van der Waals surface area contributed by atoms with E-state index in [0.29, 0.717) is 24.5 Å². The SMILES string of the molecule is C=C1CCC2[C@](C)(COC(C)=O)CCC[C@]2(C)[C@H]1C[C@@]12O[C@@H]1[C@@H](O)C(CO)=CC2=O. The van der Waals surface area contributed by atoms with E-state index < -0.39 is 17.8 Å². The number of aliphatic hydroxyl groups is 2. The fraction of sp³-hybridized carbons (Fsp3) is 0.750. The van der Waals surface area contributed by atoms with Crippen molar-refractivity contribution in [2.45, 2.75) is 77.1 Å². The molecule has 0 amide bonds. The average Bonchev–Trinajstić information content (AvgIpc) is 3.43. The van der Waals surface area contributed by atoms with Gasteiger partial charge < -0.3 is 19.7 Å². The van der Waals surface area contributed by atoms with Gasteiger partial charge in [-0.1, -0.05) is 32.4 Å². The first-order valence-electron chi connectivity index (χ1n) is 11.1. The Hall–Kier alpha value is -1.50. The lowest BCUT2D eigenvalue weighted by Crippen LogP contribution is -2.53. The zero-order valence-corrected chi connectivity index (χ0v) is 18.3. The summed E-state index contributed by atoms with van der Waals surface area (Å²) in [7, 11) is 0. The molecule has 1 saturated heterocycles. The molecule has 1 unspecified atom stereocenters. The van der Waals surface area contributed by atoms with Crippen molar-refractivity contribution >= 4 is 11.8 Å². The van der Waals surface area contributed by atoms with E-state index in [4.69, 9.17) is 9.47 Å². The van der Waals surface area contributed by atoms with Crippen LogP contribution in [0.25, 0.3) is 0 Å². The summed E-state index contributed by atoms with van der Waals surface area (Å²) in [5.74, 6) is 0.0493. The number of rotatable bonds is 5. The van der Waals surface area contributed by atoms with Crippen LogP contribution in [0.4, 0.5) is 0 Å². The van der Waals surface area contributed by atoms with Gasteiger partial charge in [0, 0.05) is 12.3 Å². The first kappa shape index (κ1) is 21.7. The zero-order valence-electron chi connectivity index (χ0n) is 18.3. The van der Waals surface area contributed by atoms with Crippen LogP contribution in [0.2, 0.25) is 0 Å². The minimum atomic E-state index is -1.000. The van der Waals surface area contributed by atoms with Crippen LogP contribution in [-0.4, -0.2) is 53.0 Å². The monoisotopic (exact) mass is 418 g/mol. The highest BCUT2D eigenvalue weighted by Crippen LogP contribution is 2.64. The summed E-state index contributed by atoms with van der Waals surface area (Å²) in [6.07, 6.45) is 5.34. The number of ketones is 1. The Morgan fingerprint density at radius 3 is 2.77 bits per heavy atom. The molecule has 4 rings (SSSR count). The highest BCUT2D eigenvalue weighted by molar-refractivity contribution is 6.02. The lowest BCUT2D eigenvalue weighted by Gasteiger charge is -2.58. The molecule has 3 aliphatic carbocycles. The Labute approximate surface area is 178 Å². The number of carbonyl (C=O) groups excluding carboxylic acids is 2. The molecule has 4 aliphatic rings. The van der Waals surface area contributed by atoms with Gasteiger partial charge in [0.05, 0.1) is 13.2 Å². The van der Waals surface area contributed by atoms with Crippen LogP contribution in [0.1, 0.15) is 59.3 Å². The maximum Gasteiger partial charge on any atom is 0.302 e. The van der Waals surface area contributed by atoms with Crippen molar-refractivity contribution in [2.75, 3.05) is 13.2 Å². The summed E-state index contributed by atoms with van der Waals surface area (Å²) < 4.78 is 11.3. The van der Waals surface area contributed by atoms with Gasteiger partial charge in [-0.3, -0.25) is 9.59 Å². The molecule has 30 heavy (non-hydrogen) atoms. The molecule has 7 atom stereocenters. The van der Waals surface area contributed by atoms with Gasteiger partial charge in [-0.05, 0) is 61.0 Å². The minimum Gasteiger partial charge on any atom is -0.465 e. The summed E-state index contributed by atoms with van der Waals surface area (Å²) in [5.41, 5.74) is 0.309. The van der Waals surface area contributed by atoms with Gasteiger partial charge in [0.15, 0.2) is 11.4 Å². The molecule has 0 aromatic carbocycles. The number of epoxide rings is 1. The molecule has 0 aromatic rings. The lowest BCUT2D eigenvalue weighted by atomic mass is 9.46. The number of hydrogen-bond acceptors (Lipinski definition) is 6. The largest absolute Gasteiger partial charge is 0.465 e. The van der Waals surface area contributed by atoms with Crippen LogP contribution in [0, 0.1) is 22.7 Å². The number of aliphatic hydroxyl groups excluding tert-OH is 2. The van der Waals surface area contributed by atoms with Crippen LogP contribution in [0.5, 0.6) is 0 Å². The summed E-state index contributed by atoms with van der Waals surface area (Å²) in [6, 6.07) is 0. The summed E-state index contributed by atoms with van der Waals surface area (Å²) >= 11 is 0. The number of hydrogen-bond donors (Lipinski definition) is 2. The van der Waals surface area contributed by atoms with E-state index >= 15 is 0 Å². The number of carbonyl (C=O) groups is 2. The Bertz CT molecular complexity index is 802. The highest BCUT2D eigenvalue weighted by Gasteiger charge is 2.69. The van der Waals surface area contributed by atoms with Gasteiger partial charge in [-0.2, -0.15) is 0 Å². The van der Waals surface area contributed by atoms with E-state index in [1.54, 1.807) is 0 Å². The summed E-state index contributed by atoms with van der Waals surface area (Å²) in [6.45, 7) is 10.4. The topological polar surface area (TPSA) is 96.4 Å². The van der Waals surface area contributed by atoms with Gasteiger partial charge in [0.1, 0.15) is 12.2 Å². The molecule has 1 heterocycles. The van der Waals surface area contributed by atoms with Crippen molar-refractivity contribution in [3.63, 3.8) is 0 Å². The Morgan fingerprint density at radius 2 is 2.10 bits per heavy atom. The van der Waals surface area contributed by atoms with Crippen LogP contribution < -0.4 is 0 Å². The maximum atomic E-state index is 12.9. The molecule has 0 spiro atoms. The standard InChI is InChI=1S/C24H34O6/c1-14-6-7-18-22(3,13-29-15(2)26)8-5-9-23(18,4)17(14)11-24-19(27)10-16(12-25)20(28)21(24)30-24/h10,17-18,20-21,25,28H,1,5-9,11-13H2,2-4H3/t17-,18?,20-,21+,22-,23+,24-/m0/s1. The predicted octanol–water partition coefficient (Wildman–Crippen LogP) is 2.72. The molecule has 6 nitrogen and oxygen atoms in total. The molecule has 1 aliphatic heterocycles. The van der Waals surface area contributed by atoms with E-state index in [2.05, 4.69) is 20.4 Å². The Kier molecular flexibility index (Phi) is 5.27. The number of ether oxygens (including phenoxy) is 2. The molecule has 0 aromatic heterocycles. The quantitative estimate of drug-likeness (QED) is 0.405. The van der Waals surface area contributed by atoms with Gasteiger partial charge in [0.2, 0.25) is 0 Å². The van der Waals surface area contributed by atoms with Crippen LogP contribution in [-0.2, 0) is 19.1 Å². The van der Waals surface area contributed by atoms with E-state index in [-0.39, 0.29) is 35.1 Å². The van der Waals surface area contributed by atoms with Gasteiger partial charge in [0.25, 0.3) is 0 Å². The summed E-state index contributed by atoms with van der Waals surface area (Å²) in [5, 5.41) is 19.9. The van der Waals surface area contributed by atoms with Crippen LogP contribution in [0.15, 0.2) is 23.8 Å². The fourth-order valence-electron chi connectivity index (χ4n) is 6.89. The van der Waals surface area contributed by atoms with Crippen molar-refractivity contribution in [1.82, 2.24) is 0 Å². The second-order valence-electron chi connectivity index (χ2n) is 10.4. The Morgan fingerprint density at radius 1 is 1.37 bits per heavy atom. The summed E-state index contributed by atoms with van der Waals surface area (Å²) in [4.78, 5) is 24.4.